The Morgan fingerprint density at radius 2 is 1.82 bits per heavy atom. The summed E-state index contributed by atoms with van der Waals surface area (Å²) < 4.78 is 38.2. The van der Waals surface area contributed by atoms with Gasteiger partial charge in [0.2, 0.25) is 15.9 Å². The number of hydrogen-bond acceptors (Lipinski definition) is 7. The highest BCUT2D eigenvalue weighted by Gasteiger charge is 2.37. The number of piperidine rings is 1. The van der Waals surface area contributed by atoms with E-state index in [4.69, 9.17) is 9.26 Å². The van der Waals surface area contributed by atoms with Gasteiger partial charge in [-0.15, -0.1) is 0 Å². The molecule has 2 aromatic rings. The summed E-state index contributed by atoms with van der Waals surface area (Å²) in [6.07, 6.45) is 2.06. The Bertz CT molecular complexity index is 1140. The largest absolute Gasteiger partial charge is 0.493 e. The normalized spacial score (nSPS) is 20.4. The first-order chi connectivity index (χ1) is 16.3. The van der Waals surface area contributed by atoms with Gasteiger partial charge < -0.3 is 14.2 Å². The van der Waals surface area contributed by atoms with Gasteiger partial charge >= 0.3 is 0 Å². The summed E-state index contributed by atoms with van der Waals surface area (Å²) in [6.45, 7) is 8.69. The van der Waals surface area contributed by atoms with Crippen LogP contribution in [0.5, 0.6) is 5.75 Å². The van der Waals surface area contributed by atoms with Crippen LogP contribution in [0.1, 0.15) is 35.4 Å². The topological polar surface area (TPSA) is 96.2 Å². The third-order valence-electron chi connectivity index (χ3n) is 7.21. The van der Waals surface area contributed by atoms with Gasteiger partial charge in [0, 0.05) is 58.2 Å². The van der Waals surface area contributed by atoms with Crippen molar-refractivity contribution in [2.45, 2.75) is 44.6 Å². The average Bonchev–Trinajstić information content (AvgIpc) is 3.44. The molecule has 3 aliphatic heterocycles. The molecule has 2 fully saturated rings. The van der Waals surface area contributed by atoms with Crippen LogP contribution in [-0.4, -0.2) is 79.5 Å². The first-order valence-electron chi connectivity index (χ1n) is 12.0. The van der Waals surface area contributed by atoms with Crippen LogP contribution in [0.2, 0.25) is 0 Å². The van der Waals surface area contributed by atoms with E-state index >= 15 is 0 Å². The highest BCUT2D eigenvalue weighted by Crippen LogP contribution is 2.29. The van der Waals surface area contributed by atoms with Crippen LogP contribution in [0.15, 0.2) is 27.6 Å². The second-order valence-corrected chi connectivity index (χ2v) is 11.3. The zero-order valence-corrected chi connectivity index (χ0v) is 20.6. The molecule has 0 spiro atoms. The molecule has 0 N–H and O–H groups in total. The highest BCUT2D eigenvalue weighted by atomic mass is 32.2. The van der Waals surface area contributed by atoms with Crippen molar-refractivity contribution in [1.29, 1.82) is 0 Å². The van der Waals surface area contributed by atoms with E-state index in [1.165, 1.54) is 15.4 Å². The van der Waals surface area contributed by atoms with Crippen molar-refractivity contribution in [1.82, 2.24) is 19.3 Å². The Morgan fingerprint density at radius 3 is 2.50 bits per heavy atom. The number of sulfonamides is 1. The molecular formula is C24H32N4O5S. The molecule has 0 atom stereocenters. The van der Waals surface area contributed by atoms with Gasteiger partial charge in [-0.3, -0.25) is 9.69 Å². The maximum Gasteiger partial charge on any atom is 0.248 e. The molecule has 0 aliphatic carbocycles. The summed E-state index contributed by atoms with van der Waals surface area (Å²) in [6, 6.07) is 6.44. The van der Waals surface area contributed by atoms with Gasteiger partial charge in [-0.05, 0) is 43.9 Å². The SMILES string of the molecule is Cc1noc(C)c1S(=O)(=O)N1CCC(C(=O)N2CCN(Cc3ccc4c(c3)CCO4)CC2)CC1. The fraction of sp³-hybridized carbons (Fsp3) is 0.583. The Balaban J connectivity index is 1.12. The van der Waals surface area contributed by atoms with Gasteiger partial charge in [-0.1, -0.05) is 17.3 Å². The molecule has 0 radical (unpaired) electrons. The van der Waals surface area contributed by atoms with Crippen LogP contribution >= 0.6 is 0 Å². The minimum absolute atomic E-state index is 0.126. The number of piperazine rings is 1. The molecule has 1 aromatic heterocycles. The van der Waals surface area contributed by atoms with Crippen LogP contribution in [0.4, 0.5) is 0 Å². The lowest BCUT2D eigenvalue weighted by molar-refractivity contribution is -0.138. The van der Waals surface area contributed by atoms with Crippen LogP contribution < -0.4 is 4.74 Å². The molecule has 0 saturated carbocycles. The zero-order chi connectivity index (χ0) is 23.9. The maximum absolute atomic E-state index is 13.1. The Hall–Kier alpha value is -2.43. The first-order valence-corrected chi connectivity index (χ1v) is 13.5. The molecule has 10 heteroatoms. The quantitative estimate of drug-likeness (QED) is 0.635. The zero-order valence-electron chi connectivity index (χ0n) is 19.8. The molecule has 5 rings (SSSR count). The summed E-state index contributed by atoms with van der Waals surface area (Å²) in [5, 5.41) is 3.78. The number of aryl methyl sites for hydroxylation is 2. The van der Waals surface area contributed by atoms with E-state index in [1.807, 2.05) is 4.90 Å². The smallest absolute Gasteiger partial charge is 0.248 e. The third-order valence-corrected chi connectivity index (χ3v) is 9.36. The number of carbonyl (C=O) groups excluding carboxylic acids is 1. The van der Waals surface area contributed by atoms with E-state index in [2.05, 4.69) is 28.3 Å². The van der Waals surface area contributed by atoms with Crippen molar-refractivity contribution >= 4 is 15.9 Å². The first kappa shape index (κ1) is 23.3. The van der Waals surface area contributed by atoms with Crippen LogP contribution in [0.3, 0.4) is 0 Å². The minimum Gasteiger partial charge on any atom is -0.493 e. The van der Waals surface area contributed by atoms with Crippen molar-refractivity contribution in [3.05, 3.63) is 40.8 Å². The van der Waals surface area contributed by atoms with Gasteiger partial charge in [-0.2, -0.15) is 4.31 Å². The number of aromatic nitrogens is 1. The second-order valence-electron chi connectivity index (χ2n) is 9.47. The molecule has 184 valence electrons. The van der Waals surface area contributed by atoms with E-state index < -0.39 is 10.0 Å². The number of hydrogen-bond donors (Lipinski definition) is 0. The van der Waals surface area contributed by atoms with Crippen molar-refractivity contribution < 1.29 is 22.5 Å². The lowest BCUT2D eigenvalue weighted by Crippen LogP contribution is -2.51. The van der Waals surface area contributed by atoms with E-state index in [0.717, 1.165) is 38.4 Å². The summed E-state index contributed by atoms with van der Waals surface area (Å²) in [4.78, 5) is 17.6. The number of rotatable bonds is 5. The van der Waals surface area contributed by atoms with Crippen molar-refractivity contribution in [2.75, 3.05) is 45.9 Å². The lowest BCUT2D eigenvalue weighted by atomic mass is 9.96. The van der Waals surface area contributed by atoms with Gasteiger partial charge in [0.25, 0.3) is 0 Å². The van der Waals surface area contributed by atoms with Gasteiger partial charge in [0.1, 0.15) is 16.3 Å². The number of ether oxygens (including phenoxy) is 1. The molecule has 3 aliphatic rings. The van der Waals surface area contributed by atoms with E-state index in [9.17, 15) is 13.2 Å². The molecule has 34 heavy (non-hydrogen) atoms. The standard InChI is InChI=1S/C24H32N4O5S/c1-17-23(18(2)33-25-17)34(30,31)28-8-5-20(6-9-28)24(29)27-12-10-26(11-13-27)16-19-3-4-22-21(15-19)7-14-32-22/h3-4,15,20H,5-14,16H2,1-2H3. The molecule has 2 saturated heterocycles. The average molecular weight is 489 g/mol. The van der Waals surface area contributed by atoms with Crippen LogP contribution in [0.25, 0.3) is 0 Å². The molecule has 0 unspecified atom stereocenters. The van der Waals surface area contributed by atoms with Crippen molar-refractivity contribution in [3.8, 4) is 5.75 Å². The van der Waals surface area contributed by atoms with E-state index in [0.29, 0.717) is 50.5 Å². The second kappa shape index (κ2) is 9.31. The van der Waals surface area contributed by atoms with Crippen molar-refractivity contribution in [2.24, 2.45) is 5.92 Å². The predicted molar refractivity (Wildman–Crippen MR) is 125 cm³/mol. The molecule has 1 aromatic carbocycles. The van der Waals surface area contributed by atoms with Crippen LogP contribution in [-0.2, 0) is 27.8 Å². The monoisotopic (exact) mass is 488 g/mol. The Morgan fingerprint density at radius 1 is 1.09 bits per heavy atom. The van der Waals surface area contributed by atoms with Crippen molar-refractivity contribution in [3.63, 3.8) is 0 Å². The number of carbonyl (C=O) groups is 1. The molecule has 0 bridgehead atoms. The third kappa shape index (κ3) is 4.46. The fourth-order valence-electron chi connectivity index (χ4n) is 5.30. The number of amides is 1. The predicted octanol–water partition coefficient (Wildman–Crippen LogP) is 1.97. The molecular weight excluding hydrogens is 456 g/mol. The summed E-state index contributed by atoms with van der Waals surface area (Å²) >= 11 is 0. The van der Waals surface area contributed by atoms with Gasteiger partial charge in [-0.25, -0.2) is 8.42 Å². The molecule has 1 amide bonds. The summed E-state index contributed by atoms with van der Waals surface area (Å²) in [7, 11) is -3.66. The molecule has 9 nitrogen and oxygen atoms in total. The van der Waals surface area contributed by atoms with Gasteiger partial charge in [0.05, 0.1) is 6.61 Å². The van der Waals surface area contributed by atoms with E-state index in [-0.39, 0.29) is 16.7 Å². The van der Waals surface area contributed by atoms with E-state index in [1.54, 1.807) is 13.8 Å². The number of benzene rings is 1. The van der Waals surface area contributed by atoms with Crippen LogP contribution in [0, 0.1) is 19.8 Å². The Kier molecular flexibility index (Phi) is 6.39. The minimum atomic E-state index is -3.66. The lowest BCUT2D eigenvalue weighted by Gasteiger charge is -2.38. The fourth-order valence-corrected chi connectivity index (χ4v) is 7.06. The highest BCUT2D eigenvalue weighted by molar-refractivity contribution is 7.89. The number of nitrogens with zero attached hydrogens (tertiary/aromatic N) is 4. The summed E-state index contributed by atoms with van der Waals surface area (Å²) in [5.41, 5.74) is 2.95. The van der Waals surface area contributed by atoms with Gasteiger partial charge in [0.15, 0.2) is 5.76 Å². The Labute approximate surface area is 200 Å². The molecule has 4 heterocycles. The number of fused-ring (bicyclic) bond motifs is 1. The maximum atomic E-state index is 13.1. The summed E-state index contributed by atoms with van der Waals surface area (Å²) in [5.74, 6) is 1.34.